The van der Waals surface area contributed by atoms with E-state index in [0.717, 1.165) is 31.5 Å². The molecule has 1 saturated heterocycles. The lowest BCUT2D eigenvalue weighted by atomic mass is 10.0. The maximum Gasteiger partial charge on any atom is 0.191 e. The van der Waals surface area contributed by atoms with E-state index in [2.05, 4.69) is 27.4 Å². The molecule has 1 aromatic heterocycles. The van der Waals surface area contributed by atoms with Crippen molar-refractivity contribution in [2.75, 3.05) is 26.2 Å². The predicted molar refractivity (Wildman–Crippen MR) is 115 cm³/mol. The molecule has 0 radical (unpaired) electrons. The number of nitrogens with one attached hydrogen (secondary N) is 2. The Bertz CT molecular complexity index is 556. The third kappa shape index (κ3) is 5.60. The highest BCUT2D eigenvalue weighted by molar-refractivity contribution is 14.0. The lowest BCUT2D eigenvalue weighted by Crippen LogP contribution is -2.46. The van der Waals surface area contributed by atoms with Gasteiger partial charge in [-0.2, -0.15) is 0 Å². The molecule has 0 amide bonds. The first-order valence-electron chi connectivity index (χ1n) is 9.64. The Labute approximate surface area is 173 Å². The normalized spacial score (nSPS) is 24.3. The van der Waals surface area contributed by atoms with Crippen molar-refractivity contribution >= 4 is 29.9 Å². The smallest absolute Gasteiger partial charge is 0.191 e. The number of guanidine groups is 1. The Morgan fingerprint density at radius 2 is 2.15 bits per heavy atom. The SMILES string of the molecule is CCNC(=NCC(C)(O)c1ccco1)NC1CCN(C2CCCC2)C1.I. The number of hydrogen-bond donors (Lipinski definition) is 3. The maximum absolute atomic E-state index is 10.6. The second-order valence-corrected chi connectivity index (χ2v) is 7.51. The fourth-order valence-electron chi connectivity index (χ4n) is 3.92. The van der Waals surface area contributed by atoms with Crippen LogP contribution >= 0.6 is 24.0 Å². The number of aliphatic hydroxyl groups is 1. The minimum atomic E-state index is -1.10. The lowest BCUT2D eigenvalue weighted by molar-refractivity contribution is 0.0436. The second-order valence-electron chi connectivity index (χ2n) is 7.51. The van der Waals surface area contributed by atoms with Crippen LogP contribution in [0.4, 0.5) is 0 Å². The van der Waals surface area contributed by atoms with Crippen molar-refractivity contribution in [3.8, 4) is 0 Å². The van der Waals surface area contributed by atoms with E-state index < -0.39 is 5.60 Å². The number of halogens is 1. The first-order valence-corrected chi connectivity index (χ1v) is 9.64. The first-order chi connectivity index (χ1) is 12.1. The number of aliphatic imine (C=N–C) groups is 1. The van der Waals surface area contributed by atoms with E-state index in [1.54, 1.807) is 25.3 Å². The largest absolute Gasteiger partial charge is 0.466 e. The van der Waals surface area contributed by atoms with Gasteiger partial charge in [-0.15, -0.1) is 24.0 Å². The third-order valence-corrected chi connectivity index (χ3v) is 5.34. The average Bonchev–Trinajstić information content (AvgIpc) is 3.33. The molecular formula is C19H33IN4O2. The van der Waals surface area contributed by atoms with Crippen molar-refractivity contribution in [1.82, 2.24) is 15.5 Å². The molecule has 2 unspecified atom stereocenters. The molecule has 0 spiro atoms. The standard InChI is InChI=1S/C19H32N4O2.HI/c1-3-20-18(21-14-19(2,24)17-9-6-12-25-17)22-15-10-11-23(13-15)16-7-4-5-8-16;/h6,9,12,15-16,24H,3-5,7-8,10-11,13-14H2,1-2H3,(H2,20,21,22);1H. The van der Waals surface area contributed by atoms with E-state index in [1.165, 1.54) is 32.2 Å². The average molecular weight is 476 g/mol. The van der Waals surface area contributed by atoms with Crippen LogP contribution in [0.3, 0.4) is 0 Å². The van der Waals surface area contributed by atoms with Gasteiger partial charge < -0.3 is 20.2 Å². The van der Waals surface area contributed by atoms with E-state index in [0.29, 0.717) is 11.8 Å². The van der Waals surface area contributed by atoms with Gasteiger partial charge in [0.2, 0.25) is 0 Å². The van der Waals surface area contributed by atoms with Crippen molar-refractivity contribution < 1.29 is 9.52 Å². The molecular weight excluding hydrogens is 443 g/mol. The molecule has 2 atom stereocenters. The molecule has 1 aliphatic heterocycles. The number of furan rings is 1. The molecule has 1 saturated carbocycles. The Morgan fingerprint density at radius 3 is 2.81 bits per heavy atom. The molecule has 26 heavy (non-hydrogen) atoms. The molecule has 1 aliphatic carbocycles. The van der Waals surface area contributed by atoms with E-state index >= 15 is 0 Å². The van der Waals surface area contributed by atoms with Gasteiger partial charge in [0.1, 0.15) is 11.4 Å². The molecule has 3 rings (SSSR count). The van der Waals surface area contributed by atoms with Crippen LogP contribution in [0.5, 0.6) is 0 Å². The van der Waals surface area contributed by atoms with Gasteiger partial charge in [0, 0.05) is 31.7 Å². The van der Waals surface area contributed by atoms with Crippen molar-refractivity contribution in [3.05, 3.63) is 24.2 Å². The van der Waals surface area contributed by atoms with E-state index in [9.17, 15) is 5.11 Å². The Hall–Kier alpha value is -0.800. The molecule has 1 aromatic rings. The van der Waals surface area contributed by atoms with Gasteiger partial charge in [-0.3, -0.25) is 4.90 Å². The molecule has 3 N–H and O–H groups in total. The van der Waals surface area contributed by atoms with Crippen LogP contribution in [0.25, 0.3) is 0 Å². The van der Waals surface area contributed by atoms with E-state index in [-0.39, 0.29) is 30.5 Å². The Kier molecular flexibility index (Phi) is 8.22. The zero-order valence-electron chi connectivity index (χ0n) is 15.9. The summed E-state index contributed by atoms with van der Waals surface area (Å²) in [4.78, 5) is 7.23. The zero-order chi connectivity index (χ0) is 17.7. The minimum absolute atomic E-state index is 0. The summed E-state index contributed by atoms with van der Waals surface area (Å²) in [5, 5.41) is 17.4. The van der Waals surface area contributed by atoms with Gasteiger partial charge in [0.05, 0.1) is 12.8 Å². The fourth-order valence-corrected chi connectivity index (χ4v) is 3.92. The molecule has 0 aromatic carbocycles. The summed E-state index contributed by atoms with van der Waals surface area (Å²) < 4.78 is 5.33. The highest BCUT2D eigenvalue weighted by Gasteiger charge is 2.31. The zero-order valence-corrected chi connectivity index (χ0v) is 18.2. The van der Waals surface area contributed by atoms with Crippen LogP contribution in [-0.2, 0) is 5.60 Å². The van der Waals surface area contributed by atoms with E-state index in [4.69, 9.17) is 4.42 Å². The predicted octanol–water partition coefficient (Wildman–Crippen LogP) is 2.68. The van der Waals surface area contributed by atoms with Crippen LogP contribution in [0.2, 0.25) is 0 Å². The number of nitrogens with zero attached hydrogens (tertiary/aromatic N) is 2. The van der Waals surface area contributed by atoms with Gasteiger partial charge in [0.25, 0.3) is 0 Å². The molecule has 0 bridgehead atoms. The van der Waals surface area contributed by atoms with Crippen molar-refractivity contribution in [2.45, 2.75) is 63.6 Å². The summed E-state index contributed by atoms with van der Waals surface area (Å²) in [6.07, 6.45) is 8.19. The van der Waals surface area contributed by atoms with Crippen molar-refractivity contribution in [3.63, 3.8) is 0 Å². The summed E-state index contributed by atoms with van der Waals surface area (Å²) in [6, 6.07) is 4.78. The Morgan fingerprint density at radius 1 is 1.38 bits per heavy atom. The quantitative estimate of drug-likeness (QED) is 0.335. The third-order valence-electron chi connectivity index (χ3n) is 5.34. The van der Waals surface area contributed by atoms with Crippen molar-refractivity contribution in [2.24, 2.45) is 4.99 Å². The molecule has 2 heterocycles. The maximum atomic E-state index is 10.6. The number of hydrogen-bond acceptors (Lipinski definition) is 4. The highest BCUT2D eigenvalue weighted by atomic mass is 127. The van der Waals surface area contributed by atoms with E-state index in [1.807, 2.05) is 0 Å². The topological polar surface area (TPSA) is 73.0 Å². The van der Waals surface area contributed by atoms with Crippen molar-refractivity contribution in [1.29, 1.82) is 0 Å². The number of likely N-dealkylation sites (tertiary alicyclic amines) is 1. The lowest BCUT2D eigenvalue weighted by Gasteiger charge is -2.24. The molecule has 2 fully saturated rings. The fraction of sp³-hybridized carbons (Fsp3) is 0.737. The van der Waals surface area contributed by atoms with Crippen LogP contribution in [-0.4, -0.2) is 54.2 Å². The Balaban J connectivity index is 0.00000243. The van der Waals surface area contributed by atoms with Crippen LogP contribution < -0.4 is 10.6 Å². The van der Waals surface area contributed by atoms with Gasteiger partial charge in [-0.25, -0.2) is 4.99 Å². The second kappa shape index (κ2) is 9.94. The van der Waals surface area contributed by atoms with Gasteiger partial charge in [-0.1, -0.05) is 12.8 Å². The number of rotatable bonds is 6. The first kappa shape index (κ1) is 21.5. The molecule has 148 valence electrons. The summed E-state index contributed by atoms with van der Waals surface area (Å²) in [5.41, 5.74) is -1.10. The van der Waals surface area contributed by atoms with Gasteiger partial charge in [-0.05, 0) is 45.2 Å². The molecule has 6 nitrogen and oxygen atoms in total. The summed E-state index contributed by atoms with van der Waals surface area (Å²) in [5.74, 6) is 1.31. The summed E-state index contributed by atoms with van der Waals surface area (Å²) in [6.45, 7) is 7.11. The van der Waals surface area contributed by atoms with Crippen LogP contribution in [0.15, 0.2) is 27.8 Å². The minimum Gasteiger partial charge on any atom is -0.466 e. The molecule has 7 heteroatoms. The summed E-state index contributed by atoms with van der Waals surface area (Å²) in [7, 11) is 0. The highest BCUT2D eigenvalue weighted by Crippen LogP contribution is 2.26. The molecule has 2 aliphatic rings. The van der Waals surface area contributed by atoms with Gasteiger partial charge >= 0.3 is 0 Å². The summed E-state index contributed by atoms with van der Waals surface area (Å²) >= 11 is 0. The van der Waals surface area contributed by atoms with Gasteiger partial charge in [0.15, 0.2) is 5.96 Å². The monoisotopic (exact) mass is 476 g/mol. The van der Waals surface area contributed by atoms with Crippen LogP contribution in [0, 0.1) is 0 Å². The van der Waals surface area contributed by atoms with Crippen LogP contribution in [0.1, 0.15) is 51.7 Å².